The summed E-state index contributed by atoms with van der Waals surface area (Å²) in [5.41, 5.74) is 0.989. The van der Waals surface area contributed by atoms with Gasteiger partial charge in [-0.15, -0.1) is 11.3 Å². The van der Waals surface area contributed by atoms with Gasteiger partial charge in [-0.2, -0.15) is 0 Å². The predicted octanol–water partition coefficient (Wildman–Crippen LogP) is 4.01. The maximum absolute atomic E-state index is 4.45. The van der Waals surface area contributed by atoms with Gasteiger partial charge in [0.25, 0.3) is 0 Å². The number of thiazole rings is 1. The minimum absolute atomic E-state index is 0.482. The van der Waals surface area contributed by atoms with Gasteiger partial charge in [0.2, 0.25) is 0 Å². The zero-order valence-corrected chi connectivity index (χ0v) is 13.4. The molecule has 2 fully saturated rings. The molecule has 0 aromatic carbocycles. The quantitative estimate of drug-likeness (QED) is 0.900. The Balaban J connectivity index is 1.66. The van der Waals surface area contributed by atoms with Gasteiger partial charge < -0.3 is 5.32 Å². The molecule has 0 saturated heterocycles. The first kappa shape index (κ1) is 13.6. The van der Waals surface area contributed by atoms with Crippen molar-refractivity contribution in [2.75, 3.05) is 0 Å². The zero-order chi connectivity index (χ0) is 13.7. The monoisotopic (exact) mass is 278 g/mol. The van der Waals surface area contributed by atoms with E-state index in [1.165, 1.54) is 29.1 Å². The third kappa shape index (κ3) is 1.97. The Morgan fingerprint density at radius 3 is 2.74 bits per heavy atom. The third-order valence-corrected chi connectivity index (χ3v) is 7.36. The van der Waals surface area contributed by atoms with Crippen LogP contribution < -0.4 is 5.32 Å². The number of hydrogen-bond acceptors (Lipinski definition) is 3. The minimum atomic E-state index is 0.482. The average Bonchev–Trinajstić information content (AvgIpc) is 2.97. The number of nitrogens with one attached hydrogen (secondary N) is 1. The molecule has 1 N–H and O–H groups in total. The topological polar surface area (TPSA) is 24.9 Å². The van der Waals surface area contributed by atoms with E-state index >= 15 is 0 Å². The SMILES string of the molecule is CCc1ncc(CNC2CC3CCC2(C)C3(C)C)s1. The smallest absolute Gasteiger partial charge is 0.0925 e. The Morgan fingerprint density at radius 1 is 1.42 bits per heavy atom. The first-order valence-corrected chi connectivity index (χ1v) is 8.46. The van der Waals surface area contributed by atoms with E-state index in [4.69, 9.17) is 0 Å². The van der Waals surface area contributed by atoms with E-state index in [1.807, 2.05) is 11.3 Å². The minimum Gasteiger partial charge on any atom is -0.308 e. The van der Waals surface area contributed by atoms with Crippen molar-refractivity contribution in [3.05, 3.63) is 16.1 Å². The van der Waals surface area contributed by atoms with Crippen LogP contribution in [0.25, 0.3) is 0 Å². The van der Waals surface area contributed by atoms with Crippen LogP contribution in [0.5, 0.6) is 0 Å². The van der Waals surface area contributed by atoms with Gasteiger partial charge in [-0.3, -0.25) is 0 Å². The highest BCUT2D eigenvalue weighted by Crippen LogP contribution is 2.65. The maximum Gasteiger partial charge on any atom is 0.0925 e. The number of fused-ring (bicyclic) bond motifs is 2. The van der Waals surface area contributed by atoms with Crippen molar-refractivity contribution in [2.45, 2.75) is 66.0 Å². The second-order valence-corrected chi connectivity index (χ2v) is 8.32. The lowest BCUT2D eigenvalue weighted by Crippen LogP contribution is -2.44. The van der Waals surface area contributed by atoms with Crippen LogP contribution in [0.4, 0.5) is 0 Å². The highest BCUT2D eigenvalue weighted by atomic mass is 32.1. The summed E-state index contributed by atoms with van der Waals surface area (Å²) in [6, 6.07) is 0.688. The van der Waals surface area contributed by atoms with Crippen molar-refractivity contribution in [1.29, 1.82) is 0 Å². The fraction of sp³-hybridized carbons (Fsp3) is 0.812. The molecule has 2 saturated carbocycles. The van der Waals surface area contributed by atoms with Crippen LogP contribution in [0.3, 0.4) is 0 Å². The van der Waals surface area contributed by atoms with E-state index in [9.17, 15) is 0 Å². The van der Waals surface area contributed by atoms with Gasteiger partial charge >= 0.3 is 0 Å². The van der Waals surface area contributed by atoms with Gasteiger partial charge in [-0.25, -0.2) is 4.98 Å². The van der Waals surface area contributed by atoms with Crippen LogP contribution in [-0.4, -0.2) is 11.0 Å². The van der Waals surface area contributed by atoms with Gasteiger partial charge in [-0.1, -0.05) is 27.7 Å². The fourth-order valence-electron chi connectivity index (χ4n) is 4.33. The molecule has 2 aliphatic rings. The van der Waals surface area contributed by atoms with Gasteiger partial charge in [0.15, 0.2) is 0 Å². The first-order chi connectivity index (χ1) is 8.97. The van der Waals surface area contributed by atoms with E-state index in [0.717, 1.165) is 18.9 Å². The number of hydrogen-bond donors (Lipinski definition) is 1. The highest BCUT2D eigenvalue weighted by Gasteiger charge is 2.60. The second-order valence-electron chi connectivity index (χ2n) is 7.12. The number of rotatable bonds is 4. The Morgan fingerprint density at radius 2 is 2.21 bits per heavy atom. The molecular weight excluding hydrogens is 252 g/mol. The van der Waals surface area contributed by atoms with Crippen molar-refractivity contribution in [2.24, 2.45) is 16.7 Å². The highest BCUT2D eigenvalue weighted by molar-refractivity contribution is 7.11. The fourth-order valence-corrected chi connectivity index (χ4v) is 5.14. The molecular formula is C16H26N2S. The summed E-state index contributed by atoms with van der Waals surface area (Å²) < 4.78 is 0. The molecule has 1 aromatic rings. The number of nitrogens with zero attached hydrogens (tertiary/aromatic N) is 1. The summed E-state index contributed by atoms with van der Waals surface area (Å²) in [5.74, 6) is 0.919. The average molecular weight is 278 g/mol. The standard InChI is InChI=1S/C16H26N2S/c1-5-14-18-10-12(19-14)9-17-13-8-11-6-7-16(13,4)15(11,2)3/h10-11,13,17H,5-9H2,1-4H3. The molecule has 2 aliphatic carbocycles. The molecule has 2 nitrogen and oxygen atoms in total. The Hall–Kier alpha value is -0.410. The maximum atomic E-state index is 4.45. The molecule has 3 heteroatoms. The molecule has 3 unspecified atom stereocenters. The lowest BCUT2D eigenvalue weighted by atomic mass is 9.69. The Bertz CT molecular complexity index is 465. The molecule has 3 atom stereocenters. The van der Waals surface area contributed by atoms with Crippen molar-refractivity contribution < 1.29 is 0 Å². The normalized spacial score (nSPS) is 36.0. The molecule has 0 radical (unpaired) electrons. The summed E-state index contributed by atoms with van der Waals surface area (Å²) in [5, 5.41) is 5.09. The Kier molecular flexibility index (Phi) is 3.25. The van der Waals surface area contributed by atoms with E-state index in [2.05, 4.69) is 44.2 Å². The second kappa shape index (κ2) is 4.56. The summed E-state index contributed by atoms with van der Waals surface area (Å²) in [6.07, 6.45) is 7.30. The van der Waals surface area contributed by atoms with Crippen molar-refractivity contribution in [3.63, 3.8) is 0 Å². The van der Waals surface area contributed by atoms with Crippen LogP contribution in [0.1, 0.15) is 56.8 Å². The van der Waals surface area contributed by atoms with E-state index < -0.39 is 0 Å². The molecule has 0 aliphatic heterocycles. The number of aryl methyl sites for hydroxylation is 1. The van der Waals surface area contributed by atoms with E-state index in [-0.39, 0.29) is 0 Å². The van der Waals surface area contributed by atoms with E-state index in [0.29, 0.717) is 16.9 Å². The van der Waals surface area contributed by atoms with Gasteiger partial charge in [-0.05, 0) is 42.4 Å². The first-order valence-electron chi connectivity index (χ1n) is 7.64. The lowest BCUT2D eigenvalue weighted by molar-refractivity contribution is 0.120. The van der Waals surface area contributed by atoms with Crippen molar-refractivity contribution in [1.82, 2.24) is 10.3 Å². The largest absolute Gasteiger partial charge is 0.308 e. The van der Waals surface area contributed by atoms with Crippen molar-refractivity contribution >= 4 is 11.3 Å². The molecule has 1 heterocycles. The van der Waals surface area contributed by atoms with Crippen LogP contribution in [0, 0.1) is 16.7 Å². The van der Waals surface area contributed by atoms with Gasteiger partial charge in [0, 0.05) is 23.7 Å². The zero-order valence-electron chi connectivity index (χ0n) is 12.6. The molecule has 2 bridgehead atoms. The summed E-state index contributed by atoms with van der Waals surface area (Å²) in [6.45, 7) is 10.6. The van der Waals surface area contributed by atoms with Crippen molar-refractivity contribution in [3.8, 4) is 0 Å². The molecule has 3 rings (SSSR count). The summed E-state index contributed by atoms with van der Waals surface area (Å²) in [4.78, 5) is 5.84. The van der Waals surface area contributed by atoms with Gasteiger partial charge in [0.05, 0.1) is 5.01 Å². The summed E-state index contributed by atoms with van der Waals surface area (Å²) >= 11 is 1.86. The number of aromatic nitrogens is 1. The molecule has 0 spiro atoms. The van der Waals surface area contributed by atoms with E-state index in [1.54, 1.807) is 0 Å². The Labute approximate surface area is 121 Å². The molecule has 19 heavy (non-hydrogen) atoms. The molecule has 1 aromatic heterocycles. The summed E-state index contributed by atoms with van der Waals surface area (Å²) in [7, 11) is 0. The van der Waals surface area contributed by atoms with Crippen LogP contribution >= 0.6 is 11.3 Å². The van der Waals surface area contributed by atoms with Gasteiger partial charge in [0.1, 0.15) is 0 Å². The molecule has 106 valence electrons. The van der Waals surface area contributed by atoms with Crippen LogP contribution in [-0.2, 0) is 13.0 Å². The van der Waals surface area contributed by atoms with Crippen LogP contribution in [0.2, 0.25) is 0 Å². The van der Waals surface area contributed by atoms with Crippen LogP contribution in [0.15, 0.2) is 6.20 Å². The molecule has 0 amide bonds. The third-order valence-electron chi connectivity index (χ3n) is 6.22. The predicted molar refractivity (Wildman–Crippen MR) is 81.3 cm³/mol. The lowest BCUT2D eigenvalue weighted by Gasteiger charge is -2.39.